The van der Waals surface area contributed by atoms with E-state index in [1.807, 2.05) is 0 Å². The lowest BCUT2D eigenvalue weighted by atomic mass is 9.65. The molecule has 0 heterocycles. The Labute approximate surface area is 169 Å². The molecule has 3 rings (SSSR count). The molecule has 156 valence electrons. The molecule has 0 radical (unpaired) electrons. The first kappa shape index (κ1) is 21.4. The van der Waals surface area contributed by atoms with E-state index < -0.39 is 0 Å². The quantitative estimate of drug-likeness (QED) is 0.521. The summed E-state index contributed by atoms with van der Waals surface area (Å²) >= 11 is 0. The van der Waals surface area contributed by atoms with Crippen molar-refractivity contribution in [3.63, 3.8) is 0 Å². The van der Waals surface area contributed by atoms with Gasteiger partial charge in [-0.3, -0.25) is 9.59 Å². The molecule has 0 aromatic heterocycles. The molecule has 2 bridgehead atoms. The first-order chi connectivity index (χ1) is 13.3. The molecule has 3 fully saturated rings. The number of hydrogen-bond acceptors (Lipinski definition) is 4. The third-order valence-electron chi connectivity index (χ3n) is 7.53. The van der Waals surface area contributed by atoms with Crippen LogP contribution in [0.1, 0.15) is 52.4 Å². The Morgan fingerprint density at radius 1 is 0.893 bits per heavy atom. The van der Waals surface area contributed by atoms with Gasteiger partial charge >= 0.3 is 0 Å². The fourth-order valence-corrected chi connectivity index (χ4v) is 6.37. The van der Waals surface area contributed by atoms with E-state index in [-0.39, 0.29) is 35.6 Å². The largest absolute Gasteiger partial charge is 0.373 e. The van der Waals surface area contributed by atoms with Crippen LogP contribution in [-0.4, -0.2) is 38.0 Å². The molecule has 0 amide bonds. The van der Waals surface area contributed by atoms with Gasteiger partial charge in [-0.1, -0.05) is 27.0 Å². The Bertz CT molecular complexity index is 626. The lowest BCUT2D eigenvalue weighted by molar-refractivity contribution is -0.121. The van der Waals surface area contributed by atoms with Gasteiger partial charge in [0.1, 0.15) is 13.2 Å². The molecule has 0 aromatic rings. The molecule has 28 heavy (non-hydrogen) atoms. The zero-order valence-electron chi connectivity index (χ0n) is 17.6. The molecule has 3 aliphatic rings. The number of ketones is 2. The van der Waals surface area contributed by atoms with Crippen molar-refractivity contribution in [3.8, 4) is 0 Å². The summed E-state index contributed by atoms with van der Waals surface area (Å²) in [4.78, 5) is 22.9. The first-order valence-corrected chi connectivity index (χ1v) is 10.7. The highest BCUT2D eigenvalue weighted by Gasteiger charge is 2.54. The van der Waals surface area contributed by atoms with Gasteiger partial charge in [0.15, 0.2) is 11.6 Å². The third kappa shape index (κ3) is 4.83. The fourth-order valence-electron chi connectivity index (χ4n) is 6.37. The fraction of sp³-hybridized carbons (Fsp3) is 0.750. The van der Waals surface area contributed by atoms with E-state index in [4.69, 9.17) is 9.47 Å². The van der Waals surface area contributed by atoms with Crippen LogP contribution in [0.4, 0.5) is 0 Å². The molecule has 0 aromatic carbocycles. The molecule has 0 aliphatic heterocycles. The van der Waals surface area contributed by atoms with Crippen LogP contribution in [0.5, 0.6) is 0 Å². The Hall–Kier alpha value is -1.26. The smallest absolute Gasteiger partial charge is 0.180 e. The lowest BCUT2D eigenvalue weighted by Crippen LogP contribution is -2.36. The Kier molecular flexibility index (Phi) is 6.61. The number of carbonyl (C=O) groups excluding carboxylic acids is 2. The van der Waals surface area contributed by atoms with Crippen LogP contribution in [0, 0.1) is 34.5 Å². The van der Waals surface area contributed by atoms with E-state index in [1.165, 1.54) is 50.7 Å². The number of ether oxygens (including phenoxy) is 2. The van der Waals surface area contributed by atoms with Crippen molar-refractivity contribution in [2.24, 2.45) is 34.5 Å². The normalized spacial score (nSPS) is 39.2. The minimum atomic E-state index is -0.0419. The van der Waals surface area contributed by atoms with Gasteiger partial charge in [-0.2, -0.15) is 0 Å². The predicted octanol–water partition coefficient (Wildman–Crippen LogP) is 4.39. The van der Waals surface area contributed by atoms with Crippen molar-refractivity contribution >= 4 is 11.6 Å². The monoisotopic (exact) mass is 388 g/mol. The summed E-state index contributed by atoms with van der Waals surface area (Å²) < 4.78 is 11.5. The minimum absolute atomic E-state index is 0.0400. The summed E-state index contributed by atoms with van der Waals surface area (Å²) in [5.41, 5.74) is 0.346. The van der Waals surface area contributed by atoms with Crippen LogP contribution >= 0.6 is 0 Å². The summed E-state index contributed by atoms with van der Waals surface area (Å²) in [5.74, 6) is 3.05. The van der Waals surface area contributed by atoms with E-state index in [0.717, 1.165) is 23.7 Å². The maximum atomic E-state index is 11.4. The molecule has 6 unspecified atom stereocenters. The lowest BCUT2D eigenvalue weighted by Gasteiger charge is -2.42. The van der Waals surface area contributed by atoms with Crippen LogP contribution in [0.3, 0.4) is 0 Å². The molecular formula is C24H36O4. The molecule has 0 saturated heterocycles. The summed E-state index contributed by atoms with van der Waals surface area (Å²) in [6, 6.07) is 0. The molecule has 6 atom stereocenters. The van der Waals surface area contributed by atoms with Gasteiger partial charge in [0.05, 0.1) is 13.2 Å². The van der Waals surface area contributed by atoms with Crippen LogP contribution in [0.2, 0.25) is 0 Å². The van der Waals surface area contributed by atoms with Crippen LogP contribution in [0.15, 0.2) is 25.3 Å². The zero-order valence-corrected chi connectivity index (χ0v) is 17.6. The highest BCUT2D eigenvalue weighted by atomic mass is 16.5. The molecular weight excluding hydrogens is 352 g/mol. The summed E-state index contributed by atoms with van der Waals surface area (Å²) in [6.45, 7) is 13.3. The highest BCUT2D eigenvalue weighted by Crippen LogP contribution is 2.62. The van der Waals surface area contributed by atoms with Gasteiger partial charge in [-0.15, -0.1) is 0 Å². The first-order valence-electron chi connectivity index (χ1n) is 10.7. The van der Waals surface area contributed by atoms with E-state index >= 15 is 0 Å². The Balaban J connectivity index is 1.56. The summed E-state index contributed by atoms with van der Waals surface area (Å²) in [7, 11) is 0. The SMILES string of the molecule is C=CC(=O)COCC1(C)CC2CC(C1)C1CC(C)(COCC(=O)C=C)CCC21. The maximum absolute atomic E-state index is 11.4. The molecule has 0 N–H and O–H groups in total. The average Bonchev–Trinajstić information content (AvgIpc) is 2.91. The van der Waals surface area contributed by atoms with Gasteiger partial charge in [-0.05, 0) is 85.2 Å². The molecule has 3 saturated carbocycles. The molecule has 3 aliphatic carbocycles. The topological polar surface area (TPSA) is 52.6 Å². The summed E-state index contributed by atoms with van der Waals surface area (Å²) in [6.07, 6.45) is 10.1. The predicted molar refractivity (Wildman–Crippen MR) is 110 cm³/mol. The van der Waals surface area contributed by atoms with Crippen molar-refractivity contribution in [1.29, 1.82) is 0 Å². The second-order valence-corrected chi connectivity index (χ2v) is 10.2. The van der Waals surface area contributed by atoms with E-state index in [9.17, 15) is 9.59 Å². The van der Waals surface area contributed by atoms with Crippen molar-refractivity contribution in [1.82, 2.24) is 0 Å². The van der Waals surface area contributed by atoms with E-state index in [1.54, 1.807) is 0 Å². The van der Waals surface area contributed by atoms with Crippen molar-refractivity contribution < 1.29 is 19.1 Å². The number of carbonyl (C=O) groups is 2. The molecule has 0 spiro atoms. The van der Waals surface area contributed by atoms with Crippen LogP contribution in [-0.2, 0) is 19.1 Å². The van der Waals surface area contributed by atoms with Gasteiger partial charge in [-0.25, -0.2) is 0 Å². The minimum Gasteiger partial charge on any atom is -0.373 e. The van der Waals surface area contributed by atoms with Gasteiger partial charge in [0.25, 0.3) is 0 Å². The second-order valence-electron chi connectivity index (χ2n) is 10.2. The highest BCUT2D eigenvalue weighted by molar-refractivity contribution is 5.90. The number of hydrogen-bond donors (Lipinski definition) is 0. The number of fused-ring (bicyclic) bond motifs is 5. The summed E-state index contributed by atoms with van der Waals surface area (Å²) in [5, 5.41) is 0. The average molecular weight is 389 g/mol. The Morgan fingerprint density at radius 3 is 2.00 bits per heavy atom. The van der Waals surface area contributed by atoms with Crippen molar-refractivity contribution in [2.75, 3.05) is 26.4 Å². The van der Waals surface area contributed by atoms with Gasteiger partial charge < -0.3 is 9.47 Å². The van der Waals surface area contributed by atoms with Crippen molar-refractivity contribution in [2.45, 2.75) is 52.4 Å². The molecule has 4 heteroatoms. The van der Waals surface area contributed by atoms with Gasteiger partial charge in [0, 0.05) is 0 Å². The van der Waals surface area contributed by atoms with E-state index in [0.29, 0.717) is 13.2 Å². The maximum Gasteiger partial charge on any atom is 0.180 e. The Morgan fingerprint density at radius 2 is 1.43 bits per heavy atom. The third-order valence-corrected chi connectivity index (χ3v) is 7.53. The standard InChI is InChI=1S/C24H36O4/c1-5-19(25)13-27-15-23(3)8-7-21-17-9-18(22(21)12-23)11-24(4,10-17)16-28-14-20(26)6-2/h5-6,17-18,21-22H,1-2,7-16H2,3-4H3. The zero-order chi connectivity index (χ0) is 20.4. The number of rotatable bonds is 10. The van der Waals surface area contributed by atoms with Crippen molar-refractivity contribution in [3.05, 3.63) is 25.3 Å². The molecule has 4 nitrogen and oxygen atoms in total. The second kappa shape index (κ2) is 8.62. The van der Waals surface area contributed by atoms with Crippen LogP contribution in [0.25, 0.3) is 0 Å². The van der Waals surface area contributed by atoms with Gasteiger partial charge in [0.2, 0.25) is 0 Å². The van der Waals surface area contributed by atoms with E-state index in [2.05, 4.69) is 27.0 Å². The van der Waals surface area contributed by atoms with Crippen LogP contribution < -0.4 is 0 Å².